The van der Waals surface area contributed by atoms with Crippen LogP contribution in [-0.2, 0) is 9.59 Å². The molecule has 0 aliphatic carbocycles. The standard InChI is InChI=1S/C25H21FN2O3/c1-15-7-10-19(13-16(15)2)27-23-22(17-8-11-21(31-3)12-9-17)24(29)28(25(23)30)20-6-4-5-18(26)14-20/h4-14,27H,1-3H3. The summed E-state index contributed by atoms with van der Waals surface area (Å²) in [4.78, 5) is 27.7. The Balaban J connectivity index is 1.82. The highest BCUT2D eigenvalue weighted by Crippen LogP contribution is 2.34. The summed E-state index contributed by atoms with van der Waals surface area (Å²) >= 11 is 0. The molecule has 3 aromatic carbocycles. The zero-order chi connectivity index (χ0) is 22.1. The van der Waals surface area contributed by atoms with Gasteiger partial charge in [0.1, 0.15) is 17.3 Å². The average Bonchev–Trinajstić information content (AvgIpc) is 3.00. The van der Waals surface area contributed by atoms with Crippen LogP contribution in [0.15, 0.2) is 72.4 Å². The maximum Gasteiger partial charge on any atom is 0.282 e. The van der Waals surface area contributed by atoms with Crippen molar-refractivity contribution in [3.63, 3.8) is 0 Å². The molecule has 0 atom stereocenters. The van der Waals surface area contributed by atoms with E-state index in [9.17, 15) is 14.0 Å². The third-order valence-corrected chi connectivity index (χ3v) is 5.31. The van der Waals surface area contributed by atoms with Gasteiger partial charge in [0.2, 0.25) is 0 Å². The Bertz CT molecular complexity index is 1220. The van der Waals surface area contributed by atoms with Crippen LogP contribution in [0, 0.1) is 19.7 Å². The number of nitrogens with zero attached hydrogens (tertiary/aromatic N) is 1. The smallest absolute Gasteiger partial charge is 0.282 e. The maximum absolute atomic E-state index is 13.8. The van der Waals surface area contributed by atoms with Gasteiger partial charge in [-0.05, 0) is 73.0 Å². The van der Waals surface area contributed by atoms with Crippen molar-refractivity contribution in [3.05, 3.63) is 94.9 Å². The van der Waals surface area contributed by atoms with Gasteiger partial charge in [0, 0.05) is 5.69 Å². The molecule has 0 unspecified atom stereocenters. The number of hydrogen-bond acceptors (Lipinski definition) is 4. The number of aryl methyl sites for hydroxylation is 2. The number of carbonyl (C=O) groups excluding carboxylic acids is 2. The molecular formula is C25H21FN2O3. The van der Waals surface area contributed by atoms with Crippen LogP contribution < -0.4 is 15.0 Å². The normalized spacial score (nSPS) is 13.7. The molecule has 5 nitrogen and oxygen atoms in total. The first-order chi connectivity index (χ1) is 14.9. The molecule has 0 bridgehead atoms. The molecule has 0 saturated carbocycles. The summed E-state index contributed by atoms with van der Waals surface area (Å²) in [6.07, 6.45) is 0. The van der Waals surface area contributed by atoms with E-state index in [0.717, 1.165) is 16.0 Å². The molecule has 0 aromatic heterocycles. The molecule has 0 radical (unpaired) electrons. The summed E-state index contributed by atoms with van der Waals surface area (Å²) in [7, 11) is 1.55. The lowest BCUT2D eigenvalue weighted by atomic mass is 10.0. The lowest BCUT2D eigenvalue weighted by molar-refractivity contribution is -0.120. The van der Waals surface area contributed by atoms with Gasteiger partial charge in [0.15, 0.2) is 0 Å². The van der Waals surface area contributed by atoms with Crippen LogP contribution >= 0.6 is 0 Å². The Labute approximate surface area is 179 Å². The molecule has 0 fully saturated rings. The third kappa shape index (κ3) is 3.80. The molecule has 2 amide bonds. The van der Waals surface area contributed by atoms with Crippen molar-refractivity contribution in [2.75, 3.05) is 17.3 Å². The number of imide groups is 1. The van der Waals surface area contributed by atoms with Crippen LogP contribution in [-0.4, -0.2) is 18.9 Å². The number of nitrogens with one attached hydrogen (secondary N) is 1. The average molecular weight is 416 g/mol. The van der Waals surface area contributed by atoms with Gasteiger partial charge in [0.05, 0.1) is 18.4 Å². The Morgan fingerprint density at radius 2 is 1.61 bits per heavy atom. The van der Waals surface area contributed by atoms with Crippen molar-refractivity contribution in [2.45, 2.75) is 13.8 Å². The molecule has 0 spiro atoms. The fourth-order valence-electron chi connectivity index (χ4n) is 3.48. The van der Waals surface area contributed by atoms with E-state index in [1.165, 1.54) is 24.3 Å². The van der Waals surface area contributed by atoms with Gasteiger partial charge in [0.25, 0.3) is 11.8 Å². The minimum Gasteiger partial charge on any atom is -0.497 e. The van der Waals surface area contributed by atoms with Crippen molar-refractivity contribution < 1.29 is 18.7 Å². The number of rotatable bonds is 5. The van der Waals surface area contributed by atoms with Gasteiger partial charge < -0.3 is 10.1 Å². The van der Waals surface area contributed by atoms with E-state index in [2.05, 4.69) is 5.32 Å². The van der Waals surface area contributed by atoms with E-state index in [0.29, 0.717) is 17.0 Å². The van der Waals surface area contributed by atoms with E-state index >= 15 is 0 Å². The van der Waals surface area contributed by atoms with Crippen molar-refractivity contribution in [2.24, 2.45) is 0 Å². The second-order valence-electron chi connectivity index (χ2n) is 7.33. The Hall–Kier alpha value is -3.93. The highest BCUT2D eigenvalue weighted by molar-refractivity contribution is 6.46. The van der Waals surface area contributed by atoms with Crippen LogP contribution in [0.5, 0.6) is 5.75 Å². The lowest BCUT2D eigenvalue weighted by Gasteiger charge is -2.15. The van der Waals surface area contributed by atoms with Gasteiger partial charge in [-0.2, -0.15) is 0 Å². The van der Waals surface area contributed by atoms with Gasteiger partial charge in [-0.3, -0.25) is 9.59 Å². The first-order valence-corrected chi connectivity index (χ1v) is 9.76. The van der Waals surface area contributed by atoms with Crippen molar-refractivity contribution in [1.29, 1.82) is 0 Å². The number of amides is 2. The summed E-state index contributed by atoms with van der Waals surface area (Å²) in [6.45, 7) is 3.97. The highest BCUT2D eigenvalue weighted by Gasteiger charge is 2.40. The van der Waals surface area contributed by atoms with Crippen LogP contribution in [0.25, 0.3) is 5.57 Å². The number of ether oxygens (including phenoxy) is 1. The van der Waals surface area contributed by atoms with E-state index in [1.54, 1.807) is 31.4 Å². The topological polar surface area (TPSA) is 58.6 Å². The predicted molar refractivity (Wildman–Crippen MR) is 118 cm³/mol. The van der Waals surface area contributed by atoms with Gasteiger partial charge in [-0.25, -0.2) is 9.29 Å². The van der Waals surface area contributed by atoms with Crippen molar-refractivity contribution >= 4 is 28.8 Å². The molecule has 1 aliphatic heterocycles. The molecular weight excluding hydrogens is 395 g/mol. The van der Waals surface area contributed by atoms with E-state index < -0.39 is 17.6 Å². The zero-order valence-electron chi connectivity index (χ0n) is 17.4. The summed E-state index contributed by atoms with van der Waals surface area (Å²) < 4.78 is 19.0. The second-order valence-corrected chi connectivity index (χ2v) is 7.33. The van der Waals surface area contributed by atoms with Crippen LogP contribution in [0.1, 0.15) is 16.7 Å². The molecule has 4 rings (SSSR count). The fourth-order valence-corrected chi connectivity index (χ4v) is 3.48. The second kappa shape index (κ2) is 8.07. The summed E-state index contributed by atoms with van der Waals surface area (Å²) in [6, 6.07) is 18.0. The highest BCUT2D eigenvalue weighted by atomic mass is 19.1. The number of halogens is 1. The SMILES string of the molecule is COc1ccc(C2=C(Nc3ccc(C)c(C)c3)C(=O)N(c3cccc(F)c3)C2=O)cc1. The van der Waals surface area contributed by atoms with E-state index in [1.807, 2.05) is 32.0 Å². The molecule has 3 aromatic rings. The Kier molecular flexibility index (Phi) is 5.29. The van der Waals surface area contributed by atoms with Crippen LogP contribution in [0.3, 0.4) is 0 Å². The first-order valence-electron chi connectivity index (χ1n) is 9.76. The van der Waals surface area contributed by atoms with Gasteiger partial charge in [-0.1, -0.05) is 24.3 Å². The van der Waals surface area contributed by atoms with Gasteiger partial charge >= 0.3 is 0 Å². The lowest BCUT2D eigenvalue weighted by Crippen LogP contribution is -2.32. The van der Waals surface area contributed by atoms with Crippen molar-refractivity contribution in [3.8, 4) is 5.75 Å². The summed E-state index contributed by atoms with van der Waals surface area (Å²) in [5.41, 5.74) is 3.95. The Morgan fingerprint density at radius 3 is 2.26 bits per heavy atom. The molecule has 1 aliphatic rings. The minimum absolute atomic E-state index is 0.141. The molecule has 1 heterocycles. The number of benzene rings is 3. The summed E-state index contributed by atoms with van der Waals surface area (Å²) in [5, 5.41) is 3.12. The fraction of sp³-hybridized carbons (Fsp3) is 0.120. The molecule has 156 valence electrons. The zero-order valence-corrected chi connectivity index (χ0v) is 17.4. The third-order valence-electron chi connectivity index (χ3n) is 5.31. The van der Waals surface area contributed by atoms with E-state index in [4.69, 9.17) is 4.74 Å². The predicted octanol–water partition coefficient (Wildman–Crippen LogP) is 4.85. The van der Waals surface area contributed by atoms with E-state index in [-0.39, 0.29) is 17.0 Å². The van der Waals surface area contributed by atoms with Crippen LogP contribution in [0.2, 0.25) is 0 Å². The number of carbonyl (C=O) groups is 2. The van der Waals surface area contributed by atoms with Crippen LogP contribution in [0.4, 0.5) is 15.8 Å². The van der Waals surface area contributed by atoms with Gasteiger partial charge in [-0.15, -0.1) is 0 Å². The molecule has 6 heteroatoms. The molecule has 1 N–H and O–H groups in total. The summed E-state index contributed by atoms with van der Waals surface area (Å²) in [5.74, 6) is -0.960. The minimum atomic E-state index is -0.542. The van der Waals surface area contributed by atoms with Crippen molar-refractivity contribution in [1.82, 2.24) is 0 Å². The molecule has 31 heavy (non-hydrogen) atoms. The Morgan fingerprint density at radius 1 is 0.871 bits per heavy atom. The number of hydrogen-bond donors (Lipinski definition) is 1. The number of anilines is 2. The maximum atomic E-state index is 13.8. The molecule has 0 saturated heterocycles. The number of methoxy groups -OCH3 is 1. The largest absolute Gasteiger partial charge is 0.497 e. The quantitative estimate of drug-likeness (QED) is 0.604. The first kappa shape index (κ1) is 20.3. The monoisotopic (exact) mass is 416 g/mol.